The highest BCUT2D eigenvalue weighted by Crippen LogP contribution is 2.25. The van der Waals surface area contributed by atoms with Gasteiger partial charge in [0.15, 0.2) is 0 Å². The predicted molar refractivity (Wildman–Crippen MR) is 80.2 cm³/mol. The second-order valence-electron chi connectivity index (χ2n) is 4.44. The lowest BCUT2D eigenvalue weighted by atomic mass is 10.1. The average molecular weight is 298 g/mol. The topological polar surface area (TPSA) is 12.0 Å². The van der Waals surface area contributed by atoms with Crippen LogP contribution < -0.4 is 5.32 Å². The van der Waals surface area contributed by atoms with Gasteiger partial charge in [-0.05, 0) is 30.0 Å². The molecule has 1 aromatic carbocycles. The zero-order chi connectivity index (χ0) is 13.7. The molecule has 2 rings (SSSR count). The van der Waals surface area contributed by atoms with Crippen LogP contribution >= 0.6 is 22.9 Å². The molecule has 1 aromatic heterocycles. The third-order valence-electron chi connectivity index (χ3n) is 3.05. The monoisotopic (exact) mass is 297 g/mol. The Labute approximate surface area is 122 Å². The van der Waals surface area contributed by atoms with Gasteiger partial charge in [0, 0.05) is 28.0 Å². The van der Waals surface area contributed by atoms with Gasteiger partial charge < -0.3 is 5.32 Å². The number of hydrogen-bond donors (Lipinski definition) is 1. The molecule has 1 unspecified atom stereocenters. The van der Waals surface area contributed by atoms with Crippen LogP contribution in [0, 0.1) is 5.82 Å². The maximum absolute atomic E-state index is 13.7. The highest BCUT2D eigenvalue weighted by atomic mass is 35.5. The van der Waals surface area contributed by atoms with E-state index in [1.165, 1.54) is 10.9 Å². The van der Waals surface area contributed by atoms with Crippen LogP contribution in [0.3, 0.4) is 0 Å². The smallest absolute Gasteiger partial charge is 0.129 e. The van der Waals surface area contributed by atoms with Crippen molar-refractivity contribution in [1.29, 1.82) is 0 Å². The maximum Gasteiger partial charge on any atom is 0.129 e. The zero-order valence-electron chi connectivity index (χ0n) is 10.8. The van der Waals surface area contributed by atoms with E-state index in [4.69, 9.17) is 11.6 Å². The van der Waals surface area contributed by atoms with Crippen LogP contribution in [0.1, 0.15) is 36.2 Å². The first-order valence-electron chi connectivity index (χ1n) is 6.42. The molecule has 1 N–H and O–H groups in total. The predicted octanol–water partition coefficient (Wildman–Crippen LogP) is 5.17. The maximum atomic E-state index is 13.7. The Morgan fingerprint density at radius 1 is 1.32 bits per heavy atom. The van der Waals surface area contributed by atoms with Crippen LogP contribution in [0.2, 0.25) is 5.02 Å². The Morgan fingerprint density at radius 2 is 2.16 bits per heavy atom. The van der Waals surface area contributed by atoms with Crippen LogP contribution in [0.15, 0.2) is 35.7 Å². The molecule has 0 bridgehead atoms. The summed E-state index contributed by atoms with van der Waals surface area (Å²) in [5.74, 6) is -0.249. The highest BCUT2D eigenvalue weighted by molar-refractivity contribution is 7.10. The fourth-order valence-electron chi connectivity index (χ4n) is 2.05. The summed E-state index contributed by atoms with van der Waals surface area (Å²) in [6, 6.07) is 9.22. The van der Waals surface area contributed by atoms with Gasteiger partial charge in [-0.1, -0.05) is 37.1 Å². The summed E-state index contributed by atoms with van der Waals surface area (Å²) >= 11 is 7.76. The minimum atomic E-state index is -0.249. The lowest BCUT2D eigenvalue weighted by molar-refractivity contribution is 0.489. The van der Waals surface area contributed by atoms with Crippen LogP contribution in [0.25, 0.3) is 0 Å². The molecule has 0 saturated carbocycles. The highest BCUT2D eigenvalue weighted by Gasteiger charge is 2.13. The van der Waals surface area contributed by atoms with Gasteiger partial charge >= 0.3 is 0 Å². The molecule has 4 heteroatoms. The quantitative estimate of drug-likeness (QED) is 0.775. The van der Waals surface area contributed by atoms with E-state index in [0.717, 1.165) is 12.8 Å². The summed E-state index contributed by atoms with van der Waals surface area (Å²) in [6.07, 6.45) is 2.12. The first-order chi connectivity index (χ1) is 9.22. The van der Waals surface area contributed by atoms with Crippen molar-refractivity contribution in [2.45, 2.75) is 32.4 Å². The van der Waals surface area contributed by atoms with Crippen molar-refractivity contribution in [1.82, 2.24) is 5.32 Å². The Balaban J connectivity index is 2.07. The van der Waals surface area contributed by atoms with E-state index in [1.807, 2.05) is 6.07 Å². The molecule has 0 fully saturated rings. The molecule has 2 aromatic rings. The molecule has 1 nitrogen and oxygen atoms in total. The summed E-state index contributed by atoms with van der Waals surface area (Å²) in [6.45, 7) is 2.60. The second kappa shape index (κ2) is 7.04. The van der Waals surface area contributed by atoms with Crippen molar-refractivity contribution in [3.8, 4) is 0 Å². The molecule has 19 heavy (non-hydrogen) atoms. The molecule has 0 aliphatic rings. The SMILES string of the molecule is CCCC(NCc1c(F)cccc1Cl)c1cccs1. The largest absolute Gasteiger partial charge is 0.305 e. The molecule has 0 spiro atoms. The van der Waals surface area contributed by atoms with Crippen molar-refractivity contribution >= 4 is 22.9 Å². The number of halogens is 2. The summed E-state index contributed by atoms with van der Waals surface area (Å²) in [4.78, 5) is 1.29. The van der Waals surface area contributed by atoms with Crippen molar-refractivity contribution in [2.75, 3.05) is 0 Å². The second-order valence-corrected chi connectivity index (χ2v) is 5.82. The minimum Gasteiger partial charge on any atom is -0.305 e. The summed E-state index contributed by atoms with van der Waals surface area (Å²) in [5, 5.41) is 5.95. The number of benzene rings is 1. The van der Waals surface area contributed by atoms with E-state index >= 15 is 0 Å². The number of rotatable bonds is 6. The zero-order valence-corrected chi connectivity index (χ0v) is 12.4. The lowest BCUT2D eigenvalue weighted by Gasteiger charge is -2.17. The molecular formula is C15H17ClFNS. The first-order valence-corrected chi connectivity index (χ1v) is 7.67. The van der Waals surface area contributed by atoms with Gasteiger partial charge in [0.1, 0.15) is 5.82 Å². The van der Waals surface area contributed by atoms with Gasteiger partial charge in [0.25, 0.3) is 0 Å². The van der Waals surface area contributed by atoms with Crippen molar-refractivity contribution < 1.29 is 4.39 Å². The molecule has 1 atom stereocenters. The van der Waals surface area contributed by atoms with E-state index in [-0.39, 0.29) is 11.9 Å². The van der Waals surface area contributed by atoms with E-state index in [1.54, 1.807) is 23.5 Å². The molecular weight excluding hydrogens is 281 g/mol. The van der Waals surface area contributed by atoms with E-state index in [2.05, 4.69) is 23.7 Å². The van der Waals surface area contributed by atoms with Gasteiger partial charge in [0.05, 0.1) is 0 Å². The van der Waals surface area contributed by atoms with Crippen LogP contribution in [0.4, 0.5) is 4.39 Å². The van der Waals surface area contributed by atoms with Gasteiger partial charge in [-0.15, -0.1) is 11.3 Å². The van der Waals surface area contributed by atoms with E-state index in [9.17, 15) is 4.39 Å². The number of thiophene rings is 1. The van der Waals surface area contributed by atoms with Crippen LogP contribution in [-0.2, 0) is 6.54 Å². The molecule has 0 aliphatic heterocycles. The molecule has 0 radical (unpaired) electrons. The van der Waals surface area contributed by atoms with Crippen molar-refractivity contribution in [3.63, 3.8) is 0 Å². The molecule has 1 heterocycles. The van der Waals surface area contributed by atoms with E-state index in [0.29, 0.717) is 17.1 Å². The first kappa shape index (κ1) is 14.5. The Morgan fingerprint density at radius 3 is 2.79 bits per heavy atom. The Kier molecular flexibility index (Phi) is 5.37. The third kappa shape index (κ3) is 3.78. The van der Waals surface area contributed by atoms with Gasteiger partial charge in [-0.3, -0.25) is 0 Å². The van der Waals surface area contributed by atoms with E-state index < -0.39 is 0 Å². The third-order valence-corrected chi connectivity index (χ3v) is 4.39. The van der Waals surface area contributed by atoms with Gasteiger partial charge in [-0.2, -0.15) is 0 Å². The van der Waals surface area contributed by atoms with Gasteiger partial charge in [-0.25, -0.2) is 4.39 Å². The molecule has 0 saturated heterocycles. The van der Waals surface area contributed by atoms with Crippen molar-refractivity contribution in [3.05, 3.63) is 57.0 Å². The normalized spacial score (nSPS) is 12.6. The Hall–Kier alpha value is -0.900. The summed E-state index contributed by atoms with van der Waals surface area (Å²) < 4.78 is 13.7. The Bertz CT molecular complexity index is 493. The van der Waals surface area contributed by atoms with Crippen molar-refractivity contribution in [2.24, 2.45) is 0 Å². The molecule has 0 amide bonds. The molecule has 0 aliphatic carbocycles. The summed E-state index contributed by atoms with van der Waals surface area (Å²) in [7, 11) is 0. The number of nitrogens with one attached hydrogen (secondary N) is 1. The summed E-state index contributed by atoms with van der Waals surface area (Å²) in [5.41, 5.74) is 0.543. The minimum absolute atomic E-state index is 0.249. The van der Waals surface area contributed by atoms with Crippen LogP contribution in [-0.4, -0.2) is 0 Å². The molecule has 102 valence electrons. The van der Waals surface area contributed by atoms with Gasteiger partial charge in [0.2, 0.25) is 0 Å². The average Bonchev–Trinajstić information content (AvgIpc) is 2.90. The fourth-order valence-corrected chi connectivity index (χ4v) is 3.12. The fraction of sp³-hybridized carbons (Fsp3) is 0.333. The lowest BCUT2D eigenvalue weighted by Crippen LogP contribution is -2.20. The van der Waals surface area contributed by atoms with Crippen LogP contribution in [0.5, 0.6) is 0 Å². The standard InChI is InChI=1S/C15H17ClFNS/c1-2-5-14(15-8-4-9-19-15)18-10-11-12(16)6-3-7-13(11)17/h3-4,6-9,14,18H,2,5,10H2,1H3. The number of hydrogen-bond acceptors (Lipinski definition) is 2.